The zero-order valence-electron chi connectivity index (χ0n) is 11.7. The molecule has 8 heteroatoms. The van der Waals surface area contributed by atoms with E-state index in [1.165, 1.54) is 36.4 Å². The lowest BCUT2D eigenvalue weighted by Crippen LogP contribution is -2.18. The van der Waals surface area contributed by atoms with Gasteiger partial charge in [0, 0.05) is 10.5 Å². The molecule has 0 bridgehead atoms. The second-order valence-corrected chi connectivity index (χ2v) is 5.03. The SMILES string of the molecule is O=C(O)c1cccc(C2NOC(c3ccc(O)c(O)c3)[N+]2=O)c1. The van der Waals surface area contributed by atoms with Crippen LogP contribution >= 0.6 is 0 Å². The number of aromatic hydroxyl groups is 2. The number of aromatic carboxylic acids is 1. The quantitative estimate of drug-likeness (QED) is 0.503. The van der Waals surface area contributed by atoms with Crippen molar-refractivity contribution in [1.82, 2.24) is 5.48 Å². The highest BCUT2D eigenvalue weighted by Crippen LogP contribution is 2.35. The summed E-state index contributed by atoms with van der Waals surface area (Å²) in [5, 5.41) is 27.8. The van der Waals surface area contributed by atoms with E-state index in [0.29, 0.717) is 15.9 Å². The zero-order chi connectivity index (χ0) is 16.6. The van der Waals surface area contributed by atoms with E-state index in [-0.39, 0.29) is 17.1 Å². The van der Waals surface area contributed by atoms with Gasteiger partial charge < -0.3 is 15.3 Å². The van der Waals surface area contributed by atoms with Gasteiger partial charge in [0.15, 0.2) is 11.5 Å². The van der Waals surface area contributed by atoms with Gasteiger partial charge in [0.25, 0.3) is 0 Å². The number of carbonyl (C=O) groups is 1. The summed E-state index contributed by atoms with van der Waals surface area (Å²) in [4.78, 5) is 28.7. The minimum absolute atomic E-state index is 0.0587. The number of carboxylic acids is 1. The van der Waals surface area contributed by atoms with E-state index in [9.17, 15) is 19.9 Å². The third-order valence-electron chi connectivity index (χ3n) is 3.51. The Morgan fingerprint density at radius 1 is 1.09 bits per heavy atom. The van der Waals surface area contributed by atoms with Gasteiger partial charge in [0.1, 0.15) is 0 Å². The summed E-state index contributed by atoms with van der Waals surface area (Å²) in [6, 6.07) is 9.87. The van der Waals surface area contributed by atoms with E-state index in [1.54, 1.807) is 6.07 Å². The number of nitrogens with one attached hydrogen (secondary N) is 1. The summed E-state index contributed by atoms with van der Waals surface area (Å²) in [5.74, 6) is -1.76. The number of rotatable bonds is 3. The van der Waals surface area contributed by atoms with Gasteiger partial charge in [0.05, 0.1) is 15.9 Å². The number of carboxylic acid groups (broad SMARTS) is 1. The van der Waals surface area contributed by atoms with Crippen molar-refractivity contribution < 1.29 is 29.7 Å². The molecule has 2 unspecified atom stereocenters. The lowest BCUT2D eigenvalue weighted by Gasteiger charge is -2.04. The first kappa shape index (κ1) is 14.9. The number of hydrogen-bond donors (Lipinski definition) is 4. The summed E-state index contributed by atoms with van der Waals surface area (Å²) < 4.78 is 0.604. The number of nitroso groups, excluding NO2 is 1. The molecule has 1 aliphatic heterocycles. The fraction of sp³-hybridized carbons (Fsp3) is 0.133. The number of benzene rings is 2. The van der Waals surface area contributed by atoms with E-state index in [1.807, 2.05) is 0 Å². The van der Waals surface area contributed by atoms with Crippen LogP contribution in [-0.4, -0.2) is 26.0 Å². The molecule has 2 aromatic rings. The third-order valence-corrected chi connectivity index (χ3v) is 3.51. The van der Waals surface area contributed by atoms with Crippen molar-refractivity contribution in [3.05, 3.63) is 64.1 Å². The first-order valence-corrected chi connectivity index (χ1v) is 6.69. The molecule has 0 aliphatic carbocycles. The van der Waals surface area contributed by atoms with Crippen molar-refractivity contribution in [2.24, 2.45) is 0 Å². The highest BCUT2D eigenvalue weighted by Gasteiger charge is 2.45. The predicted octanol–water partition coefficient (Wildman–Crippen LogP) is 1.81. The molecule has 0 amide bonds. The molecule has 0 radical (unpaired) electrons. The molecule has 2 aromatic carbocycles. The second kappa shape index (κ2) is 5.67. The van der Waals surface area contributed by atoms with Crippen LogP contribution in [-0.2, 0) is 4.84 Å². The molecule has 1 saturated heterocycles. The highest BCUT2D eigenvalue weighted by atomic mass is 16.7. The smallest absolute Gasteiger partial charge is 0.349 e. The third kappa shape index (κ3) is 2.72. The van der Waals surface area contributed by atoms with Gasteiger partial charge in [-0.05, 0) is 30.3 Å². The number of hydroxylamine groups is 1. The summed E-state index contributed by atoms with van der Waals surface area (Å²) in [5.41, 5.74) is 3.39. The maximum absolute atomic E-state index is 12.4. The van der Waals surface area contributed by atoms with Gasteiger partial charge >= 0.3 is 18.4 Å². The average Bonchev–Trinajstić information content (AvgIpc) is 2.92. The van der Waals surface area contributed by atoms with E-state index in [2.05, 4.69) is 5.48 Å². The lowest BCUT2D eigenvalue weighted by molar-refractivity contribution is -0.630. The molecule has 3 rings (SSSR count). The fourth-order valence-corrected chi connectivity index (χ4v) is 2.33. The van der Waals surface area contributed by atoms with Gasteiger partial charge in [-0.25, -0.2) is 9.63 Å². The topological polar surface area (TPSA) is 119 Å². The Kier molecular flexibility index (Phi) is 3.68. The van der Waals surface area contributed by atoms with Crippen molar-refractivity contribution >= 4 is 5.97 Å². The van der Waals surface area contributed by atoms with Crippen LogP contribution in [0.1, 0.15) is 33.9 Å². The normalized spacial score (nSPS) is 20.6. The minimum atomic E-state index is -1.09. The molecule has 0 saturated carbocycles. The molecule has 23 heavy (non-hydrogen) atoms. The minimum Gasteiger partial charge on any atom is -0.504 e. The van der Waals surface area contributed by atoms with E-state index >= 15 is 0 Å². The molecule has 118 valence electrons. The molecule has 0 aromatic heterocycles. The summed E-state index contributed by atoms with van der Waals surface area (Å²) in [7, 11) is 0. The largest absolute Gasteiger partial charge is 0.504 e. The molecule has 1 heterocycles. The Labute approximate surface area is 130 Å². The number of phenols is 2. The number of hydrogen-bond acceptors (Lipinski definition) is 6. The van der Waals surface area contributed by atoms with E-state index in [4.69, 9.17) is 9.94 Å². The summed E-state index contributed by atoms with van der Waals surface area (Å²) in [6.07, 6.45) is -1.93. The van der Waals surface area contributed by atoms with Crippen LogP contribution in [0.4, 0.5) is 0 Å². The molecule has 2 atom stereocenters. The summed E-state index contributed by atoms with van der Waals surface area (Å²) in [6.45, 7) is 0. The second-order valence-electron chi connectivity index (χ2n) is 5.03. The monoisotopic (exact) mass is 317 g/mol. The maximum Gasteiger partial charge on any atom is 0.349 e. The zero-order valence-corrected chi connectivity index (χ0v) is 11.7. The predicted molar refractivity (Wildman–Crippen MR) is 76.5 cm³/mol. The van der Waals surface area contributed by atoms with Crippen molar-refractivity contribution in [2.75, 3.05) is 0 Å². The van der Waals surface area contributed by atoms with Crippen LogP contribution in [0.5, 0.6) is 11.5 Å². The van der Waals surface area contributed by atoms with Gasteiger partial charge in [-0.2, -0.15) is 0 Å². The standard InChI is InChI=1S/C15H12N2O6/c18-11-5-4-9(7-12(11)19)14-17(22)13(16-23-14)8-2-1-3-10(6-8)15(20)21/h1-7,13-14,16H,(H2-,18,19,20,21)/p+1. The van der Waals surface area contributed by atoms with Gasteiger partial charge in [-0.3, -0.25) is 0 Å². The fourth-order valence-electron chi connectivity index (χ4n) is 2.33. The Balaban J connectivity index is 1.88. The van der Waals surface area contributed by atoms with Gasteiger partial charge in [0.2, 0.25) is 0 Å². The molecule has 1 aliphatic rings. The lowest BCUT2D eigenvalue weighted by atomic mass is 10.1. The molecule has 0 spiro atoms. The van der Waals surface area contributed by atoms with Gasteiger partial charge in [-0.15, -0.1) is 5.48 Å². The molecule has 1 fully saturated rings. The van der Waals surface area contributed by atoms with Crippen LogP contribution in [0.25, 0.3) is 0 Å². The van der Waals surface area contributed by atoms with Crippen molar-refractivity contribution in [3.63, 3.8) is 0 Å². The Hall–Kier alpha value is -2.97. The van der Waals surface area contributed by atoms with Crippen LogP contribution in [0.2, 0.25) is 0 Å². The van der Waals surface area contributed by atoms with Crippen molar-refractivity contribution in [1.29, 1.82) is 0 Å². The molecule has 4 N–H and O–H groups in total. The van der Waals surface area contributed by atoms with Crippen molar-refractivity contribution in [3.8, 4) is 11.5 Å². The van der Waals surface area contributed by atoms with Crippen LogP contribution in [0, 0.1) is 4.91 Å². The van der Waals surface area contributed by atoms with Crippen LogP contribution < -0.4 is 5.48 Å². The Bertz CT molecular complexity index is 791. The maximum atomic E-state index is 12.4. The highest BCUT2D eigenvalue weighted by molar-refractivity contribution is 5.87. The van der Waals surface area contributed by atoms with Crippen molar-refractivity contribution in [2.45, 2.75) is 12.4 Å². The Morgan fingerprint density at radius 2 is 1.87 bits per heavy atom. The average molecular weight is 317 g/mol. The summed E-state index contributed by atoms with van der Waals surface area (Å²) >= 11 is 0. The molecular weight excluding hydrogens is 304 g/mol. The first-order chi connectivity index (χ1) is 11.0. The van der Waals surface area contributed by atoms with Crippen LogP contribution in [0.3, 0.4) is 0 Å². The molecular formula is C15H13N2O6+. The van der Waals surface area contributed by atoms with E-state index < -0.39 is 18.4 Å². The number of phenolic OH excluding ortho intramolecular Hbond substituents is 2. The first-order valence-electron chi connectivity index (χ1n) is 6.69. The van der Waals surface area contributed by atoms with Gasteiger partial charge in [-0.1, -0.05) is 12.1 Å². The molecule has 8 nitrogen and oxygen atoms in total. The van der Waals surface area contributed by atoms with Crippen LogP contribution in [0.15, 0.2) is 42.5 Å². The number of nitrogens with zero attached hydrogens (tertiary/aromatic N) is 1. The van der Waals surface area contributed by atoms with E-state index in [0.717, 1.165) is 0 Å². The Morgan fingerprint density at radius 3 is 2.57 bits per heavy atom.